The van der Waals surface area contributed by atoms with Crippen LogP contribution in [0.1, 0.15) is 5.89 Å². The van der Waals surface area contributed by atoms with Gasteiger partial charge >= 0.3 is 0 Å². The van der Waals surface area contributed by atoms with Gasteiger partial charge in [-0.1, -0.05) is 34.4 Å². The molecule has 0 radical (unpaired) electrons. The number of nitrogens with one attached hydrogen (secondary N) is 1. The van der Waals surface area contributed by atoms with Gasteiger partial charge in [-0.05, 0) is 23.6 Å². The third kappa shape index (κ3) is 3.80. The topological polar surface area (TPSA) is 94.3 Å². The second-order valence-electron chi connectivity index (χ2n) is 4.71. The van der Waals surface area contributed by atoms with Crippen LogP contribution in [-0.2, 0) is 16.6 Å². The highest BCUT2D eigenvalue weighted by Gasteiger charge is 2.22. The summed E-state index contributed by atoms with van der Waals surface area (Å²) in [5.41, 5.74) is 0. The average Bonchev–Trinajstić information content (AvgIpc) is 3.26. The molecule has 11 heteroatoms. The van der Waals surface area contributed by atoms with Crippen molar-refractivity contribution in [2.45, 2.75) is 11.4 Å². The van der Waals surface area contributed by atoms with Gasteiger partial charge in [0, 0.05) is 0 Å². The van der Waals surface area contributed by atoms with Gasteiger partial charge in [0.25, 0.3) is 0 Å². The maximum absolute atomic E-state index is 12.4. The molecule has 132 valence electrons. The molecule has 0 atom stereocenters. The van der Waals surface area contributed by atoms with E-state index in [0.29, 0.717) is 5.82 Å². The Bertz CT molecular complexity index is 988. The Hall–Kier alpha value is -1.65. The van der Waals surface area contributed by atoms with Gasteiger partial charge in [0.2, 0.25) is 21.7 Å². The molecule has 0 aliphatic carbocycles. The fourth-order valence-corrected chi connectivity index (χ4v) is 4.41. The van der Waals surface area contributed by atoms with Crippen LogP contribution in [0, 0.1) is 0 Å². The van der Waals surface area contributed by atoms with Crippen LogP contribution in [0.25, 0.3) is 10.7 Å². The summed E-state index contributed by atoms with van der Waals surface area (Å²) in [7, 11) is -2.52. The van der Waals surface area contributed by atoms with E-state index in [9.17, 15) is 8.42 Å². The molecule has 2 heterocycles. The lowest BCUT2D eigenvalue weighted by molar-refractivity contribution is 0.376. The number of hydrogen-bond acceptors (Lipinski definition) is 7. The number of methoxy groups -OCH3 is 1. The molecule has 0 fully saturated rings. The highest BCUT2D eigenvalue weighted by Crippen LogP contribution is 2.36. The second kappa shape index (κ2) is 7.30. The minimum Gasteiger partial charge on any atom is -0.495 e. The van der Waals surface area contributed by atoms with E-state index in [-0.39, 0.29) is 33.1 Å². The first-order chi connectivity index (χ1) is 11.9. The minimum absolute atomic E-state index is 0.0183. The number of thiophene rings is 1. The van der Waals surface area contributed by atoms with Crippen molar-refractivity contribution in [2.24, 2.45) is 0 Å². The van der Waals surface area contributed by atoms with Crippen LogP contribution >= 0.6 is 34.5 Å². The van der Waals surface area contributed by atoms with Crippen LogP contribution in [0.2, 0.25) is 10.0 Å². The molecule has 0 unspecified atom stereocenters. The lowest BCUT2D eigenvalue weighted by Crippen LogP contribution is -2.23. The van der Waals surface area contributed by atoms with Gasteiger partial charge in [0.05, 0.1) is 23.6 Å². The molecular weight excluding hydrogens is 409 g/mol. The van der Waals surface area contributed by atoms with E-state index in [4.69, 9.17) is 32.5 Å². The normalized spacial score (nSPS) is 11.6. The van der Waals surface area contributed by atoms with E-state index >= 15 is 0 Å². The van der Waals surface area contributed by atoms with Crippen molar-refractivity contribution in [3.05, 3.63) is 45.6 Å². The molecule has 3 rings (SSSR count). The first-order valence-electron chi connectivity index (χ1n) is 6.80. The van der Waals surface area contributed by atoms with E-state index in [1.165, 1.54) is 30.6 Å². The van der Waals surface area contributed by atoms with Crippen molar-refractivity contribution in [1.82, 2.24) is 14.9 Å². The lowest BCUT2D eigenvalue weighted by atomic mass is 10.3. The number of rotatable bonds is 6. The summed E-state index contributed by atoms with van der Waals surface area (Å²) in [5, 5.41) is 5.58. The van der Waals surface area contributed by atoms with E-state index in [1.54, 1.807) is 0 Å². The molecule has 2 aromatic heterocycles. The van der Waals surface area contributed by atoms with Crippen molar-refractivity contribution >= 4 is 44.6 Å². The molecule has 0 bridgehead atoms. The molecule has 0 saturated heterocycles. The number of halogens is 2. The van der Waals surface area contributed by atoms with Crippen LogP contribution in [0.4, 0.5) is 0 Å². The molecule has 0 saturated carbocycles. The molecule has 0 spiro atoms. The third-order valence-corrected chi connectivity index (χ3v) is 6.43. The Morgan fingerprint density at radius 3 is 2.76 bits per heavy atom. The smallest absolute Gasteiger partial charge is 0.242 e. The van der Waals surface area contributed by atoms with E-state index in [1.807, 2.05) is 17.5 Å². The largest absolute Gasteiger partial charge is 0.495 e. The van der Waals surface area contributed by atoms with Gasteiger partial charge in [0.1, 0.15) is 15.7 Å². The second-order valence-corrected chi connectivity index (χ2v) is 8.15. The fourth-order valence-electron chi connectivity index (χ4n) is 1.95. The van der Waals surface area contributed by atoms with Gasteiger partial charge in [-0.2, -0.15) is 4.98 Å². The predicted molar refractivity (Wildman–Crippen MR) is 94.7 cm³/mol. The number of ether oxygens (including phenoxy) is 1. The first kappa shape index (κ1) is 18.2. The number of benzene rings is 1. The van der Waals surface area contributed by atoms with E-state index in [0.717, 1.165) is 4.88 Å². The van der Waals surface area contributed by atoms with Crippen molar-refractivity contribution in [3.63, 3.8) is 0 Å². The Morgan fingerprint density at radius 1 is 1.28 bits per heavy atom. The summed E-state index contributed by atoms with van der Waals surface area (Å²) in [6.45, 7) is -0.180. The standard InChI is InChI=1S/C14H11Cl2N3O4S2/c1-22-8-4-5-10(13(16)12(8)15)25(20,21)17-7-11-18-14(19-23-11)9-3-2-6-24-9/h2-6,17H,7H2,1H3. The van der Waals surface area contributed by atoms with Crippen molar-refractivity contribution in [2.75, 3.05) is 7.11 Å². The SMILES string of the molecule is COc1ccc(S(=O)(=O)NCc2nc(-c3cccs3)no2)c(Cl)c1Cl. The summed E-state index contributed by atoms with van der Waals surface area (Å²) < 4.78 is 37.3. The molecule has 7 nitrogen and oxygen atoms in total. The molecule has 0 aliphatic rings. The molecule has 0 amide bonds. The fraction of sp³-hybridized carbons (Fsp3) is 0.143. The minimum atomic E-state index is -3.93. The molecule has 25 heavy (non-hydrogen) atoms. The molecule has 0 aliphatic heterocycles. The zero-order chi connectivity index (χ0) is 18.0. The predicted octanol–water partition coefficient (Wildman–Crippen LogP) is 3.59. The number of hydrogen-bond donors (Lipinski definition) is 1. The number of aromatic nitrogens is 2. The Labute approximate surface area is 157 Å². The van der Waals surface area contributed by atoms with Gasteiger partial charge in [-0.3, -0.25) is 0 Å². The highest BCUT2D eigenvalue weighted by atomic mass is 35.5. The zero-order valence-electron chi connectivity index (χ0n) is 12.7. The van der Waals surface area contributed by atoms with Crippen molar-refractivity contribution < 1.29 is 17.7 Å². The van der Waals surface area contributed by atoms with Gasteiger partial charge in [-0.25, -0.2) is 13.1 Å². The van der Waals surface area contributed by atoms with Crippen molar-refractivity contribution in [3.8, 4) is 16.5 Å². The lowest BCUT2D eigenvalue weighted by Gasteiger charge is -2.10. The quantitative estimate of drug-likeness (QED) is 0.655. The summed E-state index contributed by atoms with van der Waals surface area (Å²) >= 11 is 13.5. The van der Waals surface area contributed by atoms with Gasteiger partial charge < -0.3 is 9.26 Å². The summed E-state index contributed by atoms with van der Waals surface area (Å²) in [5.74, 6) is 0.806. The first-order valence-corrected chi connectivity index (χ1v) is 9.92. The number of sulfonamides is 1. The summed E-state index contributed by atoms with van der Waals surface area (Å²) in [6.07, 6.45) is 0. The van der Waals surface area contributed by atoms with Crippen LogP contribution < -0.4 is 9.46 Å². The molecule has 1 aromatic carbocycles. The third-order valence-electron chi connectivity index (χ3n) is 3.14. The zero-order valence-corrected chi connectivity index (χ0v) is 15.8. The van der Waals surface area contributed by atoms with Gasteiger partial charge in [-0.15, -0.1) is 11.3 Å². The Kier molecular flexibility index (Phi) is 5.30. The molecule has 1 N–H and O–H groups in total. The number of nitrogens with zero attached hydrogens (tertiary/aromatic N) is 2. The molecular formula is C14H11Cl2N3O4S2. The van der Waals surface area contributed by atoms with Gasteiger partial charge in [0.15, 0.2) is 0 Å². The average molecular weight is 420 g/mol. The maximum atomic E-state index is 12.4. The van der Waals surface area contributed by atoms with Crippen LogP contribution in [-0.4, -0.2) is 25.7 Å². The highest BCUT2D eigenvalue weighted by molar-refractivity contribution is 7.89. The van der Waals surface area contributed by atoms with E-state index in [2.05, 4.69) is 14.9 Å². The van der Waals surface area contributed by atoms with Crippen molar-refractivity contribution in [1.29, 1.82) is 0 Å². The van der Waals surface area contributed by atoms with Crippen LogP contribution in [0.15, 0.2) is 39.1 Å². The maximum Gasteiger partial charge on any atom is 0.242 e. The molecule has 3 aromatic rings. The Morgan fingerprint density at radius 2 is 2.08 bits per heavy atom. The monoisotopic (exact) mass is 419 g/mol. The van der Waals surface area contributed by atoms with Crippen LogP contribution in [0.3, 0.4) is 0 Å². The van der Waals surface area contributed by atoms with E-state index < -0.39 is 10.0 Å². The van der Waals surface area contributed by atoms with Crippen LogP contribution in [0.5, 0.6) is 5.75 Å². The summed E-state index contributed by atoms with van der Waals surface area (Å²) in [6, 6.07) is 6.42. The summed E-state index contributed by atoms with van der Waals surface area (Å²) in [4.78, 5) is 4.80. The Balaban J connectivity index is 1.78.